The molecule has 2 saturated heterocycles. The van der Waals surface area contributed by atoms with Gasteiger partial charge in [0, 0.05) is 53.4 Å². The third-order valence-electron chi connectivity index (χ3n) is 8.73. The number of carboxylic acid groups (broad SMARTS) is 1. The second kappa shape index (κ2) is 14.4. The molecule has 0 aliphatic carbocycles. The zero-order valence-electron chi connectivity index (χ0n) is 27.2. The molecule has 1 amide bonds. The zero-order chi connectivity index (χ0) is 33.7. The van der Waals surface area contributed by atoms with Gasteiger partial charge < -0.3 is 30.0 Å². The number of anilines is 3. The summed E-state index contributed by atoms with van der Waals surface area (Å²) in [4.78, 5) is 38.8. The van der Waals surface area contributed by atoms with Crippen LogP contribution in [0.1, 0.15) is 12.8 Å². The lowest BCUT2D eigenvalue weighted by Crippen LogP contribution is -2.41. The van der Waals surface area contributed by atoms with Crippen molar-refractivity contribution >= 4 is 51.0 Å². The van der Waals surface area contributed by atoms with Gasteiger partial charge >= 0.3 is 6.09 Å². The van der Waals surface area contributed by atoms with Crippen LogP contribution in [0, 0.1) is 0 Å². The lowest BCUT2D eigenvalue weighted by atomic mass is 10.1. The highest BCUT2D eigenvalue weighted by molar-refractivity contribution is 5.96. The summed E-state index contributed by atoms with van der Waals surface area (Å²) in [5.41, 5.74) is 3.11. The number of carbonyl (C=O) groups excluding carboxylic acids is 1. The van der Waals surface area contributed by atoms with E-state index >= 15 is 0 Å². The van der Waals surface area contributed by atoms with Crippen molar-refractivity contribution in [1.82, 2.24) is 29.5 Å². The number of methoxy groups -OCH3 is 1. The number of ether oxygens (including phenoxy) is 3. The Kier molecular flexibility index (Phi) is 9.50. The molecule has 14 nitrogen and oxygen atoms in total. The Balaban J connectivity index is 1.22. The molecule has 0 radical (unpaired) electrons. The summed E-state index contributed by atoms with van der Waals surface area (Å²) in [5, 5.41) is 21.2. The fourth-order valence-electron chi connectivity index (χ4n) is 6.22. The lowest BCUT2D eigenvalue weighted by molar-refractivity contribution is -0.118. The molecule has 14 heteroatoms. The second-order valence-electron chi connectivity index (χ2n) is 12.1. The van der Waals surface area contributed by atoms with Gasteiger partial charge in [-0.05, 0) is 62.3 Å². The molecule has 0 saturated carbocycles. The molecular weight excluding hydrogens is 628 g/mol. The Bertz CT molecular complexity index is 1990. The Morgan fingerprint density at radius 1 is 0.939 bits per heavy atom. The molecular formula is C35H38N8O6. The third-order valence-corrected chi connectivity index (χ3v) is 8.73. The monoisotopic (exact) mass is 666 g/mol. The summed E-state index contributed by atoms with van der Waals surface area (Å²) in [6.45, 7) is 6.46. The molecule has 2 aliphatic rings. The van der Waals surface area contributed by atoms with Crippen LogP contribution in [0.3, 0.4) is 0 Å². The number of hydrogen-bond acceptors (Lipinski definition) is 11. The molecule has 3 N–H and O–H groups in total. The van der Waals surface area contributed by atoms with E-state index in [2.05, 4.69) is 25.5 Å². The smallest absolute Gasteiger partial charge is 0.432 e. The normalized spacial score (nSPS) is 15.4. The van der Waals surface area contributed by atoms with Gasteiger partial charge in [0.2, 0.25) is 5.91 Å². The predicted octanol–water partition coefficient (Wildman–Crippen LogP) is 4.67. The Morgan fingerprint density at radius 2 is 1.78 bits per heavy atom. The van der Waals surface area contributed by atoms with Crippen molar-refractivity contribution in [3.8, 4) is 22.9 Å². The minimum atomic E-state index is -1.16. The summed E-state index contributed by atoms with van der Waals surface area (Å²) >= 11 is 0. The number of rotatable bonds is 11. The molecule has 4 heterocycles. The van der Waals surface area contributed by atoms with Gasteiger partial charge in [0.25, 0.3) is 0 Å². The van der Waals surface area contributed by atoms with E-state index < -0.39 is 6.09 Å². The summed E-state index contributed by atoms with van der Waals surface area (Å²) in [5.74, 6) is 1.97. The Morgan fingerprint density at radius 3 is 2.57 bits per heavy atom. The predicted molar refractivity (Wildman–Crippen MR) is 185 cm³/mol. The van der Waals surface area contributed by atoms with Crippen molar-refractivity contribution in [2.75, 3.05) is 76.8 Å². The van der Waals surface area contributed by atoms with Gasteiger partial charge in [0.1, 0.15) is 12.4 Å². The summed E-state index contributed by atoms with van der Waals surface area (Å²) < 4.78 is 18.3. The van der Waals surface area contributed by atoms with E-state index in [-0.39, 0.29) is 12.5 Å². The van der Waals surface area contributed by atoms with Crippen LogP contribution in [0.15, 0.2) is 60.8 Å². The minimum absolute atomic E-state index is 0.107. The highest BCUT2D eigenvalue weighted by Crippen LogP contribution is 2.37. The van der Waals surface area contributed by atoms with Crippen LogP contribution in [0.25, 0.3) is 33.2 Å². The first-order valence-corrected chi connectivity index (χ1v) is 16.4. The van der Waals surface area contributed by atoms with Crippen LogP contribution in [-0.4, -0.2) is 113 Å². The topological polar surface area (TPSA) is 156 Å². The number of nitrogens with zero attached hydrogens (tertiary/aromatic N) is 6. The fourth-order valence-corrected chi connectivity index (χ4v) is 6.22. The molecule has 49 heavy (non-hydrogen) atoms. The Hall–Kier alpha value is -5.31. The number of nitrogens with one attached hydrogen (secondary N) is 2. The second-order valence-corrected chi connectivity index (χ2v) is 12.1. The zero-order valence-corrected chi connectivity index (χ0v) is 27.2. The number of likely N-dealkylation sites (tertiary alicyclic amines) is 1. The standard InChI is InChI=1S/C35H38N8O6/c1-47-30-20-28-27(19-31(30)49-16-13-41-9-2-3-10-41)34(38-26-7-8-29-24(18-26)21-36-43(29)35(45)46)40-33(39-28)23-5-4-6-25(17-23)37-32(44)22-42-11-14-48-15-12-42/h4-8,17-21H,2-3,9-16,22H2,1H3,(H,37,44)(H,45,46)(H,38,39,40). The molecule has 254 valence electrons. The lowest BCUT2D eigenvalue weighted by Gasteiger charge is -2.25. The van der Waals surface area contributed by atoms with Crippen molar-refractivity contribution in [2.45, 2.75) is 12.8 Å². The van der Waals surface area contributed by atoms with Crippen LogP contribution in [0.5, 0.6) is 11.5 Å². The first kappa shape index (κ1) is 32.2. The molecule has 0 unspecified atom stereocenters. The molecule has 3 aromatic carbocycles. The molecule has 7 rings (SSSR count). The van der Waals surface area contributed by atoms with Gasteiger partial charge in [0.05, 0.1) is 44.1 Å². The van der Waals surface area contributed by atoms with Gasteiger partial charge in [0.15, 0.2) is 17.3 Å². The summed E-state index contributed by atoms with van der Waals surface area (Å²) in [6.07, 6.45) is 2.77. The van der Waals surface area contributed by atoms with Crippen LogP contribution >= 0.6 is 0 Å². The van der Waals surface area contributed by atoms with Crippen LogP contribution in [0.2, 0.25) is 0 Å². The molecule has 2 fully saturated rings. The minimum Gasteiger partial charge on any atom is -0.493 e. The van der Waals surface area contributed by atoms with Crippen molar-refractivity contribution in [3.05, 3.63) is 60.8 Å². The number of aromatic nitrogens is 4. The average Bonchev–Trinajstić information content (AvgIpc) is 3.79. The molecule has 0 atom stereocenters. The first-order chi connectivity index (χ1) is 23.9. The van der Waals surface area contributed by atoms with Crippen molar-refractivity contribution in [3.63, 3.8) is 0 Å². The number of morpholine rings is 1. The maximum absolute atomic E-state index is 12.8. The third kappa shape index (κ3) is 7.41. The summed E-state index contributed by atoms with van der Waals surface area (Å²) in [6, 6.07) is 16.4. The van der Waals surface area contributed by atoms with Crippen LogP contribution in [0.4, 0.5) is 22.0 Å². The molecule has 5 aromatic rings. The molecule has 0 bridgehead atoms. The molecule has 2 aliphatic heterocycles. The van der Waals surface area contributed by atoms with Gasteiger partial charge in [-0.25, -0.2) is 14.8 Å². The largest absolute Gasteiger partial charge is 0.493 e. The number of fused-ring (bicyclic) bond motifs is 2. The van der Waals surface area contributed by atoms with E-state index in [0.29, 0.717) is 81.7 Å². The first-order valence-electron chi connectivity index (χ1n) is 16.4. The number of amides is 1. The van der Waals surface area contributed by atoms with E-state index in [1.807, 2.05) is 42.5 Å². The van der Waals surface area contributed by atoms with E-state index in [4.69, 9.17) is 24.2 Å². The van der Waals surface area contributed by atoms with Crippen LogP contribution < -0.4 is 20.1 Å². The van der Waals surface area contributed by atoms with Crippen molar-refractivity contribution in [2.24, 2.45) is 0 Å². The van der Waals surface area contributed by atoms with Crippen molar-refractivity contribution in [1.29, 1.82) is 0 Å². The maximum atomic E-state index is 12.8. The van der Waals surface area contributed by atoms with Gasteiger partial charge in [-0.3, -0.25) is 14.6 Å². The highest BCUT2D eigenvalue weighted by Gasteiger charge is 2.19. The van der Waals surface area contributed by atoms with E-state index in [9.17, 15) is 14.7 Å². The SMILES string of the molecule is COc1cc2nc(-c3cccc(NC(=O)CN4CCOCC4)c3)nc(Nc3ccc4c(cnn4C(=O)O)c3)c2cc1OCCN1CCCC1. The maximum Gasteiger partial charge on any atom is 0.432 e. The van der Waals surface area contributed by atoms with Crippen LogP contribution in [-0.2, 0) is 9.53 Å². The molecule has 0 spiro atoms. The van der Waals surface area contributed by atoms with E-state index in [1.165, 1.54) is 19.0 Å². The summed E-state index contributed by atoms with van der Waals surface area (Å²) in [7, 11) is 1.60. The number of hydrogen-bond donors (Lipinski definition) is 3. The number of carbonyl (C=O) groups is 2. The average molecular weight is 667 g/mol. The van der Waals surface area contributed by atoms with Gasteiger partial charge in [-0.15, -0.1) is 0 Å². The quantitative estimate of drug-likeness (QED) is 0.179. The van der Waals surface area contributed by atoms with Gasteiger partial charge in [-0.2, -0.15) is 9.78 Å². The molecule has 2 aromatic heterocycles. The Labute approximate surface area is 282 Å². The number of benzene rings is 3. The highest BCUT2D eigenvalue weighted by atomic mass is 16.5. The van der Waals surface area contributed by atoms with Crippen molar-refractivity contribution < 1.29 is 28.9 Å². The van der Waals surface area contributed by atoms with E-state index in [0.717, 1.165) is 37.4 Å². The van der Waals surface area contributed by atoms with E-state index in [1.54, 1.807) is 19.2 Å². The fraction of sp³-hybridized carbons (Fsp3) is 0.343. The van der Waals surface area contributed by atoms with Gasteiger partial charge in [-0.1, -0.05) is 12.1 Å².